The SMILES string of the molecule is O=C1OCCc2oc(-c3ccccc3)cc21. The van der Waals surface area contributed by atoms with Crippen LogP contribution in [0, 0.1) is 0 Å². The largest absolute Gasteiger partial charge is 0.462 e. The number of hydrogen-bond donors (Lipinski definition) is 0. The van der Waals surface area contributed by atoms with Gasteiger partial charge in [-0.15, -0.1) is 0 Å². The molecule has 2 aromatic rings. The maximum Gasteiger partial charge on any atom is 0.341 e. The number of hydrogen-bond acceptors (Lipinski definition) is 3. The first-order chi connectivity index (χ1) is 7.84. The molecule has 80 valence electrons. The van der Waals surface area contributed by atoms with Crippen LogP contribution in [0.5, 0.6) is 0 Å². The van der Waals surface area contributed by atoms with Crippen LogP contribution in [0.3, 0.4) is 0 Å². The Bertz CT molecular complexity index is 525. The van der Waals surface area contributed by atoms with E-state index >= 15 is 0 Å². The predicted molar refractivity (Wildman–Crippen MR) is 58.1 cm³/mol. The van der Waals surface area contributed by atoms with Gasteiger partial charge in [-0.3, -0.25) is 0 Å². The molecule has 1 aliphatic rings. The lowest BCUT2D eigenvalue weighted by atomic mass is 10.1. The van der Waals surface area contributed by atoms with Crippen molar-refractivity contribution >= 4 is 5.97 Å². The topological polar surface area (TPSA) is 39.4 Å². The molecule has 3 nitrogen and oxygen atoms in total. The molecule has 3 rings (SSSR count). The second-order valence-corrected chi connectivity index (χ2v) is 3.70. The third-order valence-corrected chi connectivity index (χ3v) is 2.65. The highest BCUT2D eigenvalue weighted by Gasteiger charge is 2.23. The summed E-state index contributed by atoms with van der Waals surface area (Å²) >= 11 is 0. The fraction of sp³-hybridized carbons (Fsp3) is 0.154. The first kappa shape index (κ1) is 9.21. The van der Waals surface area contributed by atoms with Gasteiger partial charge in [0.15, 0.2) is 0 Å². The molecule has 0 bridgehead atoms. The molecule has 0 spiro atoms. The van der Waals surface area contributed by atoms with E-state index < -0.39 is 0 Å². The molecule has 0 aliphatic carbocycles. The van der Waals surface area contributed by atoms with Crippen LogP contribution in [0.1, 0.15) is 16.1 Å². The number of cyclic esters (lactones) is 1. The van der Waals surface area contributed by atoms with Gasteiger partial charge >= 0.3 is 5.97 Å². The average molecular weight is 214 g/mol. The number of benzene rings is 1. The lowest BCUT2D eigenvalue weighted by molar-refractivity contribution is 0.0469. The Labute approximate surface area is 92.6 Å². The Balaban J connectivity index is 2.08. The standard InChI is InChI=1S/C13H10O3/c14-13-10-8-12(9-4-2-1-3-5-9)16-11(10)6-7-15-13/h1-5,8H,6-7H2. The zero-order valence-corrected chi connectivity index (χ0v) is 8.60. The van der Waals surface area contributed by atoms with Crippen molar-refractivity contribution in [2.45, 2.75) is 6.42 Å². The molecular formula is C13H10O3. The first-order valence-corrected chi connectivity index (χ1v) is 5.20. The van der Waals surface area contributed by atoms with Crippen LogP contribution in [0.2, 0.25) is 0 Å². The van der Waals surface area contributed by atoms with Gasteiger partial charge in [-0.05, 0) is 6.07 Å². The van der Waals surface area contributed by atoms with Crippen molar-refractivity contribution in [1.29, 1.82) is 0 Å². The Morgan fingerprint density at radius 1 is 1.12 bits per heavy atom. The normalized spacial score (nSPS) is 14.4. The van der Waals surface area contributed by atoms with Crippen molar-refractivity contribution in [3.05, 3.63) is 47.7 Å². The van der Waals surface area contributed by atoms with Gasteiger partial charge in [-0.2, -0.15) is 0 Å². The van der Waals surface area contributed by atoms with Crippen molar-refractivity contribution < 1.29 is 13.9 Å². The first-order valence-electron chi connectivity index (χ1n) is 5.20. The second-order valence-electron chi connectivity index (χ2n) is 3.70. The summed E-state index contributed by atoms with van der Waals surface area (Å²) in [5.74, 6) is 1.17. The Morgan fingerprint density at radius 2 is 1.94 bits per heavy atom. The van der Waals surface area contributed by atoms with Crippen LogP contribution in [0.25, 0.3) is 11.3 Å². The number of rotatable bonds is 1. The predicted octanol–water partition coefficient (Wildman–Crippen LogP) is 2.66. The molecule has 0 unspecified atom stereocenters. The number of furan rings is 1. The third kappa shape index (κ3) is 1.41. The lowest BCUT2D eigenvalue weighted by Crippen LogP contribution is -2.15. The van der Waals surface area contributed by atoms with E-state index in [9.17, 15) is 4.79 Å². The second kappa shape index (κ2) is 3.52. The summed E-state index contributed by atoms with van der Waals surface area (Å²) in [6, 6.07) is 11.5. The van der Waals surface area contributed by atoms with Crippen molar-refractivity contribution in [2.24, 2.45) is 0 Å². The number of carbonyl (C=O) groups is 1. The van der Waals surface area contributed by atoms with Gasteiger partial charge in [0.25, 0.3) is 0 Å². The highest BCUT2D eigenvalue weighted by molar-refractivity contribution is 5.92. The summed E-state index contributed by atoms with van der Waals surface area (Å²) in [6.45, 7) is 0.410. The maximum absolute atomic E-state index is 11.4. The molecule has 1 aromatic carbocycles. The molecule has 0 amide bonds. The van der Waals surface area contributed by atoms with Crippen LogP contribution in [0.4, 0.5) is 0 Å². The van der Waals surface area contributed by atoms with Crippen LogP contribution in [-0.2, 0) is 11.2 Å². The smallest absolute Gasteiger partial charge is 0.341 e. The van der Waals surface area contributed by atoms with E-state index in [0.717, 1.165) is 17.1 Å². The molecule has 16 heavy (non-hydrogen) atoms. The third-order valence-electron chi connectivity index (χ3n) is 2.65. The Morgan fingerprint density at radius 3 is 2.69 bits per heavy atom. The van der Waals surface area contributed by atoms with E-state index in [4.69, 9.17) is 9.15 Å². The van der Waals surface area contributed by atoms with Crippen molar-refractivity contribution in [1.82, 2.24) is 0 Å². The summed E-state index contributed by atoms with van der Waals surface area (Å²) in [7, 11) is 0. The molecule has 0 saturated carbocycles. The quantitative estimate of drug-likeness (QED) is 0.685. The zero-order valence-electron chi connectivity index (χ0n) is 8.60. The minimum Gasteiger partial charge on any atom is -0.462 e. The highest BCUT2D eigenvalue weighted by atomic mass is 16.5. The van der Waals surface area contributed by atoms with Gasteiger partial charge in [0.1, 0.15) is 17.1 Å². The van der Waals surface area contributed by atoms with Crippen molar-refractivity contribution in [3.63, 3.8) is 0 Å². The monoisotopic (exact) mass is 214 g/mol. The van der Waals surface area contributed by atoms with E-state index in [1.54, 1.807) is 6.07 Å². The van der Waals surface area contributed by atoms with Gasteiger partial charge in [0.05, 0.1) is 6.61 Å². The van der Waals surface area contributed by atoms with E-state index in [0.29, 0.717) is 18.6 Å². The minimum atomic E-state index is -0.285. The van der Waals surface area contributed by atoms with Crippen molar-refractivity contribution in [3.8, 4) is 11.3 Å². The molecule has 2 heterocycles. The zero-order chi connectivity index (χ0) is 11.0. The number of carbonyl (C=O) groups excluding carboxylic acids is 1. The van der Waals surface area contributed by atoms with E-state index in [1.165, 1.54) is 0 Å². The lowest BCUT2D eigenvalue weighted by Gasteiger charge is -2.08. The minimum absolute atomic E-state index is 0.285. The Kier molecular flexibility index (Phi) is 2.03. The molecule has 0 radical (unpaired) electrons. The van der Waals surface area contributed by atoms with Crippen molar-refractivity contribution in [2.75, 3.05) is 6.61 Å². The van der Waals surface area contributed by atoms with Gasteiger partial charge in [0.2, 0.25) is 0 Å². The fourth-order valence-corrected chi connectivity index (χ4v) is 1.85. The van der Waals surface area contributed by atoms with Gasteiger partial charge in [0, 0.05) is 12.0 Å². The fourth-order valence-electron chi connectivity index (χ4n) is 1.85. The van der Waals surface area contributed by atoms with Crippen LogP contribution in [0.15, 0.2) is 40.8 Å². The molecule has 1 aromatic heterocycles. The maximum atomic E-state index is 11.4. The van der Waals surface area contributed by atoms with E-state index in [2.05, 4.69) is 0 Å². The van der Waals surface area contributed by atoms with Gasteiger partial charge in [-0.1, -0.05) is 30.3 Å². The Hall–Kier alpha value is -2.03. The molecule has 0 fully saturated rings. The van der Waals surface area contributed by atoms with Crippen LogP contribution < -0.4 is 0 Å². The summed E-state index contributed by atoms with van der Waals surface area (Å²) in [6.07, 6.45) is 0.661. The number of fused-ring (bicyclic) bond motifs is 1. The molecule has 3 heteroatoms. The molecule has 0 N–H and O–H groups in total. The molecule has 0 atom stereocenters. The molecule has 0 saturated heterocycles. The summed E-state index contributed by atoms with van der Waals surface area (Å²) < 4.78 is 10.6. The summed E-state index contributed by atoms with van der Waals surface area (Å²) in [5, 5.41) is 0. The van der Waals surface area contributed by atoms with Crippen LogP contribution in [-0.4, -0.2) is 12.6 Å². The van der Waals surface area contributed by atoms with Crippen LogP contribution >= 0.6 is 0 Å². The number of ether oxygens (including phenoxy) is 1. The van der Waals surface area contributed by atoms with Gasteiger partial charge < -0.3 is 9.15 Å². The van der Waals surface area contributed by atoms with E-state index in [-0.39, 0.29) is 5.97 Å². The number of esters is 1. The summed E-state index contributed by atoms with van der Waals surface area (Å²) in [5.41, 5.74) is 1.54. The van der Waals surface area contributed by atoms with Gasteiger partial charge in [-0.25, -0.2) is 4.79 Å². The summed E-state index contributed by atoms with van der Waals surface area (Å²) in [4.78, 5) is 11.4. The average Bonchev–Trinajstić information content (AvgIpc) is 2.76. The van der Waals surface area contributed by atoms with E-state index in [1.807, 2.05) is 30.3 Å². The molecular weight excluding hydrogens is 204 g/mol. The highest BCUT2D eigenvalue weighted by Crippen LogP contribution is 2.28. The molecule has 1 aliphatic heterocycles.